The van der Waals surface area contributed by atoms with Crippen LogP contribution in [0.15, 0.2) is 36.5 Å². The van der Waals surface area contributed by atoms with Gasteiger partial charge in [-0.3, -0.25) is 14.5 Å². The quantitative estimate of drug-likeness (QED) is 0.691. The Morgan fingerprint density at radius 2 is 1.94 bits per heavy atom. The first-order valence-corrected chi connectivity index (χ1v) is 11.5. The number of hydrogen-bond donors (Lipinski definition) is 2. The van der Waals surface area contributed by atoms with E-state index in [-0.39, 0.29) is 17.9 Å². The number of anilines is 1. The highest BCUT2D eigenvalue weighted by molar-refractivity contribution is 7.92. The Balaban J connectivity index is 1.66. The fourth-order valence-electron chi connectivity index (χ4n) is 3.63. The van der Waals surface area contributed by atoms with Crippen LogP contribution in [-0.2, 0) is 26.4 Å². The van der Waals surface area contributed by atoms with Crippen molar-refractivity contribution in [3.8, 4) is 0 Å². The number of nitrogens with zero attached hydrogens (tertiary/aromatic N) is 1. The molecule has 1 amide bonds. The number of hydrogen-bond acceptors (Lipinski definition) is 4. The molecule has 1 aliphatic carbocycles. The summed E-state index contributed by atoms with van der Waals surface area (Å²) in [6.07, 6.45) is -1.72. The summed E-state index contributed by atoms with van der Waals surface area (Å²) in [4.78, 5) is 16.2. The van der Waals surface area contributed by atoms with Crippen molar-refractivity contribution >= 4 is 21.6 Å². The highest BCUT2D eigenvalue weighted by Crippen LogP contribution is 2.54. The Labute approximate surface area is 179 Å². The van der Waals surface area contributed by atoms with E-state index in [4.69, 9.17) is 0 Å². The van der Waals surface area contributed by atoms with Crippen LogP contribution in [0.25, 0.3) is 0 Å². The van der Waals surface area contributed by atoms with Gasteiger partial charge < -0.3 is 5.32 Å². The number of halogens is 3. The van der Waals surface area contributed by atoms with Gasteiger partial charge in [0, 0.05) is 17.5 Å². The summed E-state index contributed by atoms with van der Waals surface area (Å²) >= 11 is 0. The van der Waals surface area contributed by atoms with Gasteiger partial charge in [-0.05, 0) is 49.1 Å². The van der Waals surface area contributed by atoms with E-state index in [1.54, 1.807) is 25.1 Å². The van der Waals surface area contributed by atoms with E-state index in [2.05, 4.69) is 15.0 Å². The zero-order valence-corrected chi connectivity index (χ0v) is 18.4. The second-order valence-electron chi connectivity index (χ2n) is 8.28. The highest BCUT2D eigenvalue weighted by Gasteiger charge is 2.56. The van der Waals surface area contributed by atoms with Gasteiger partial charge in [0.2, 0.25) is 15.9 Å². The number of aromatic nitrogens is 1. The Bertz CT molecular complexity index is 1100. The van der Waals surface area contributed by atoms with Crippen LogP contribution < -0.4 is 10.0 Å². The molecule has 1 aromatic carbocycles. The van der Waals surface area contributed by atoms with E-state index in [1.807, 2.05) is 13.8 Å². The predicted octanol–water partition coefficient (Wildman–Crippen LogP) is 3.94. The summed E-state index contributed by atoms with van der Waals surface area (Å²) in [6.45, 7) is 5.42. The maximum absolute atomic E-state index is 12.7. The third-order valence-corrected chi connectivity index (χ3v) is 6.26. The summed E-state index contributed by atoms with van der Waals surface area (Å²) in [5.41, 5.74) is 1.08. The zero-order valence-electron chi connectivity index (χ0n) is 17.5. The smallest absolute Gasteiger partial charge is 0.349 e. The molecule has 0 spiro atoms. The number of rotatable bonds is 6. The number of aryl methyl sites for hydroxylation is 1. The summed E-state index contributed by atoms with van der Waals surface area (Å²) in [7, 11) is -3.39. The van der Waals surface area contributed by atoms with Crippen molar-refractivity contribution in [2.45, 2.75) is 44.8 Å². The molecule has 1 fully saturated rings. The lowest BCUT2D eigenvalue weighted by molar-refractivity contribution is -0.141. The number of amides is 1. The third-order valence-electron chi connectivity index (χ3n) is 5.67. The van der Waals surface area contributed by atoms with E-state index in [9.17, 15) is 26.4 Å². The van der Waals surface area contributed by atoms with Crippen molar-refractivity contribution in [3.63, 3.8) is 0 Å². The number of sulfonamides is 1. The summed E-state index contributed by atoms with van der Waals surface area (Å²) in [5, 5.41) is 2.94. The molecule has 0 bridgehead atoms. The monoisotopic (exact) mass is 455 g/mol. The lowest BCUT2D eigenvalue weighted by Crippen LogP contribution is -2.30. The molecule has 0 saturated heterocycles. The highest BCUT2D eigenvalue weighted by atomic mass is 32.2. The SMILES string of the molecule is Cc1cc(C(C)NC(=O)[C@@H]2CC2(C)c2ccc(C(F)(F)F)nc2)ccc1NS(C)(=O)=O. The lowest BCUT2D eigenvalue weighted by Gasteiger charge is -2.18. The molecule has 6 nitrogen and oxygen atoms in total. The molecule has 1 heterocycles. The molecule has 1 aromatic heterocycles. The number of carbonyl (C=O) groups is 1. The van der Waals surface area contributed by atoms with Crippen LogP contribution in [0.3, 0.4) is 0 Å². The number of nitrogens with one attached hydrogen (secondary N) is 2. The molecular formula is C21H24F3N3O3S. The lowest BCUT2D eigenvalue weighted by atomic mass is 9.96. The van der Waals surface area contributed by atoms with Crippen LogP contribution in [-0.4, -0.2) is 25.6 Å². The van der Waals surface area contributed by atoms with Crippen molar-refractivity contribution in [2.24, 2.45) is 5.92 Å². The summed E-state index contributed by atoms with van der Waals surface area (Å²) in [6, 6.07) is 7.16. The summed E-state index contributed by atoms with van der Waals surface area (Å²) in [5.74, 6) is -0.549. The molecule has 2 aromatic rings. The van der Waals surface area contributed by atoms with E-state index >= 15 is 0 Å². The number of benzene rings is 1. The first-order chi connectivity index (χ1) is 14.2. The topological polar surface area (TPSA) is 88.2 Å². The minimum absolute atomic E-state index is 0.189. The molecule has 168 valence electrons. The normalized spacial score (nSPS) is 22.0. The molecule has 2 unspecified atom stereocenters. The standard InChI is InChI=1S/C21H24F3N3O3S/c1-12-9-14(5-7-17(12)27-31(4,29)30)13(2)26-19(28)16-10-20(16,3)15-6-8-18(25-11-15)21(22,23)24/h5-9,11,13,16,27H,10H2,1-4H3,(H,26,28)/t13?,16-,20?/m0/s1. The minimum Gasteiger partial charge on any atom is -0.349 e. The van der Waals surface area contributed by atoms with Crippen molar-refractivity contribution in [1.29, 1.82) is 0 Å². The Hall–Kier alpha value is -2.62. The molecule has 2 N–H and O–H groups in total. The first-order valence-electron chi connectivity index (χ1n) is 9.63. The Morgan fingerprint density at radius 1 is 1.26 bits per heavy atom. The van der Waals surface area contributed by atoms with Crippen LogP contribution in [0.1, 0.15) is 48.7 Å². The molecule has 0 aliphatic heterocycles. The van der Waals surface area contributed by atoms with Gasteiger partial charge in [0.25, 0.3) is 0 Å². The fraction of sp³-hybridized carbons (Fsp3) is 0.429. The van der Waals surface area contributed by atoms with Crippen LogP contribution >= 0.6 is 0 Å². The molecule has 1 saturated carbocycles. The maximum atomic E-state index is 12.7. The summed E-state index contributed by atoms with van der Waals surface area (Å²) < 4.78 is 63.4. The van der Waals surface area contributed by atoms with Gasteiger partial charge in [0.15, 0.2) is 0 Å². The van der Waals surface area contributed by atoms with Gasteiger partial charge in [-0.15, -0.1) is 0 Å². The van der Waals surface area contributed by atoms with Gasteiger partial charge in [-0.25, -0.2) is 8.42 Å². The third kappa shape index (κ3) is 5.17. The maximum Gasteiger partial charge on any atom is 0.433 e. The van der Waals surface area contributed by atoms with Crippen LogP contribution in [0.4, 0.5) is 18.9 Å². The molecule has 0 radical (unpaired) electrons. The van der Waals surface area contributed by atoms with E-state index in [1.165, 1.54) is 12.3 Å². The zero-order chi connectivity index (χ0) is 23.2. The van der Waals surface area contributed by atoms with E-state index in [0.29, 0.717) is 17.7 Å². The second kappa shape index (κ2) is 7.81. The molecule has 31 heavy (non-hydrogen) atoms. The number of pyridine rings is 1. The minimum atomic E-state index is -4.50. The predicted molar refractivity (Wildman–Crippen MR) is 111 cm³/mol. The van der Waals surface area contributed by atoms with Gasteiger partial charge in [-0.1, -0.05) is 25.1 Å². The average molecular weight is 456 g/mol. The number of alkyl halides is 3. The van der Waals surface area contributed by atoms with E-state index in [0.717, 1.165) is 23.4 Å². The second-order valence-corrected chi connectivity index (χ2v) is 10.0. The molecule has 10 heteroatoms. The van der Waals surface area contributed by atoms with Crippen LogP contribution in [0, 0.1) is 12.8 Å². The Kier molecular flexibility index (Phi) is 5.81. The van der Waals surface area contributed by atoms with Crippen molar-refractivity contribution in [2.75, 3.05) is 11.0 Å². The van der Waals surface area contributed by atoms with Gasteiger partial charge >= 0.3 is 6.18 Å². The average Bonchev–Trinajstić information content (AvgIpc) is 3.35. The molecule has 1 aliphatic rings. The van der Waals surface area contributed by atoms with Crippen molar-refractivity contribution in [3.05, 3.63) is 58.9 Å². The molecular weight excluding hydrogens is 431 g/mol. The van der Waals surface area contributed by atoms with Gasteiger partial charge in [0.05, 0.1) is 18.0 Å². The molecule has 3 atom stereocenters. The first kappa shape index (κ1) is 23.1. The van der Waals surface area contributed by atoms with Gasteiger partial charge in [-0.2, -0.15) is 13.2 Å². The van der Waals surface area contributed by atoms with Crippen molar-refractivity contribution < 1.29 is 26.4 Å². The van der Waals surface area contributed by atoms with Crippen LogP contribution in [0.5, 0.6) is 0 Å². The fourth-order valence-corrected chi connectivity index (χ4v) is 4.26. The molecule has 3 rings (SSSR count). The van der Waals surface area contributed by atoms with Crippen molar-refractivity contribution in [1.82, 2.24) is 10.3 Å². The largest absolute Gasteiger partial charge is 0.433 e. The van der Waals surface area contributed by atoms with E-state index < -0.39 is 27.3 Å². The Morgan fingerprint density at radius 3 is 2.45 bits per heavy atom. The van der Waals surface area contributed by atoms with Crippen LogP contribution in [0.2, 0.25) is 0 Å². The number of carbonyl (C=O) groups excluding carboxylic acids is 1. The van der Waals surface area contributed by atoms with Gasteiger partial charge in [0.1, 0.15) is 5.69 Å².